The molecule has 0 spiro atoms. The maximum absolute atomic E-state index is 13.0. The first-order chi connectivity index (χ1) is 51.2. The molecule has 16 nitrogen and oxygen atoms in total. The fourth-order valence-corrected chi connectivity index (χ4v) is 12.1. The van der Waals surface area contributed by atoms with Gasteiger partial charge in [-0.15, -0.1) is 0 Å². The zero-order valence-electron chi connectivity index (χ0n) is 65.6. The summed E-state index contributed by atoms with van der Waals surface area (Å²) < 4.78 is 61.2. The van der Waals surface area contributed by atoms with Gasteiger partial charge in [-0.1, -0.05) is 301 Å². The van der Waals surface area contributed by atoms with Crippen LogP contribution in [0.3, 0.4) is 0 Å². The number of carbonyl (C=O) groups is 3. The molecule has 0 aliphatic carbocycles. The van der Waals surface area contributed by atoms with Crippen LogP contribution >= 0.6 is 15.6 Å². The molecule has 600 valence electrons. The molecule has 0 radical (unpaired) electrons. The Balaban J connectivity index is 4.64. The van der Waals surface area contributed by atoms with E-state index in [-0.39, 0.29) is 19.3 Å². The first-order valence-corrected chi connectivity index (χ1v) is 43.8. The van der Waals surface area contributed by atoms with E-state index in [0.717, 1.165) is 154 Å². The van der Waals surface area contributed by atoms with E-state index < -0.39 is 91.5 Å². The number of phosphoric acid groups is 2. The van der Waals surface area contributed by atoms with E-state index in [1.54, 1.807) is 0 Å². The average molecular weight is 1510 g/mol. The molecule has 18 heteroatoms. The Labute approximate surface area is 638 Å². The van der Waals surface area contributed by atoms with Gasteiger partial charge in [-0.05, 0) is 154 Å². The van der Waals surface area contributed by atoms with E-state index in [1.807, 2.05) is 0 Å². The maximum Gasteiger partial charge on any atom is 0.472 e. The third-order valence-electron chi connectivity index (χ3n) is 16.7. The standard InChI is InChI=1S/C87H146O16P2/c1-4-7-10-13-16-19-22-25-28-31-34-36-37-38-39-40-41-42-43-45-48-49-52-55-58-61-64-67-70-73-85(90)97-76-82(88)77-99-104(93,94)100-78-83(89)79-101-105(95,96)102-81-84(103-87(92)75-72-69-66-63-60-57-54-51-46-33-30-27-24-21-18-15-12-9-6-3)80-98-86(91)74-71-68-65-62-59-56-53-50-47-44-35-32-29-26-23-20-17-14-11-8-5-2/h8,11,16-21,25-30,34-36,38-39,44,46,50-51,53,59,62,82-84,88-89H,4-7,9-10,12-15,22-24,31-33,37,40-43,45,47-49,52,54-58,60-61,63-81H2,1-3H3,(H,93,94)(H,95,96)/b11-8-,19-16-,20-17-,21-18-,28-25-,29-26-,30-27-,36-34-,39-38-,44-35-,51-46-,53-50-,62-59-. The van der Waals surface area contributed by atoms with Crippen molar-refractivity contribution in [2.24, 2.45) is 0 Å². The number of allylic oxidation sites excluding steroid dienone is 26. The molecule has 0 aliphatic rings. The number of hydrogen-bond donors (Lipinski definition) is 4. The molecule has 4 N–H and O–H groups in total. The van der Waals surface area contributed by atoms with E-state index >= 15 is 0 Å². The Kier molecular flexibility index (Phi) is 75.1. The zero-order chi connectivity index (χ0) is 76.6. The van der Waals surface area contributed by atoms with E-state index in [1.165, 1.54) is 103 Å². The van der Waals surface area contributed by atoms with Crippen LogP contribution < -0.4 is 0 Å². The lowest BCUT2D eigenvalue weighted by Crippen LogP contribution is -2.30. The van der Waals surface area contributed by atoms with Crippen molar-refractivity contribution in [1.29, 1.82) is 0 Å². The molecule has 0 rings (SSSR count). The van der Waals surface area contributed by atoms with Crippen LogP contribution in [0.1, 0.15) is 316 Å². The minimum absolute atomic E-state index is 0.0749. The third kappa shape index (κ3) is 80.0. The van der Waals surface area contributed by atoms with Crippen molar-refractivity contribution in [3.8, 4) is 0 Å². The van der Waals surface area contributed by atoms with Crippen LogP contribution in [0.25, 0.3) is 0 Å². The van der Waals surface area contributed by atoms with Crippen LogP contribution in [0, 0.1) is 0 Å². The Morgan fingerprint density at radius 3 is 0.819 bits per heavy atom. The fourth-order valence-electron chi connectivity index (χ4n) is 10.5. The summed E-state index contributed by atoms with van der Waals surface area (Å²) in [4.78, 5) is 58.7. The number of hydrogen-bond acceptors (Lipinski definition) is 14. The zero-order valence-corrected chi connectivity index (χ0v) is 67.4. The third-order valence-corrected chi connectivity index (χ3v) is 18.6. The van der Waals surface area contributed by atoms with Gasteiger partial charge >= 0.3 is 33.6 Å². The lowest BCUT2D eigenvalue weighted by atomic mass is 10.0. The molecule has 0 saturated heterocycles. The van der Waals surface area contributed by atoms with Crippen molar-refractivity contribution in [3.05, 3.63) is 158 Å². The topological polar surface area (TPSA) is 231 Å². The van der Waals surface area contributed by atoms with Gasteiger partial charge < -0.3 is 34.2 Å². The van der Waals surface area contributed by atoms with Crippen LogP contribution in [0.15, 0.2) is 158 Å². The molecule has 0 amide bonds. The lowest BCUT2D eigenvalue weighted by Gasteiger charge is -2.21. The normalized spacial score (nSPS) is 14.8. The molecule has 0 fully saturated rings. The van der Waals surface area contributed by atoms with Crippen LogP contribution in [-0.4, -0.2) is 95.9 Å². The minimum atomic E-state index is -4.95. The summed E-state index contributed by atoms with van der Waals surface area (Å²) in [6.45, 7) is 2.45. The van der Waals surface area contributed by atoms with E-state index in [9.17, 15) is 43.5 Å². The molecule has 0 aromatic rings. The molecular formula is C87H146O16P2. The highest BCUT2D eigenvalue weighted by Crippen LogP contribution is 2.45. The molecule has 0 bridgehead atoms. The van der Waals surface area contributed by atoms with Crippen LogP contribution in [-0.2, 0) is 55.8 Å². The summed E-state index contributed by atoms with van der Waals surface area (Å²) in [5.74, 6) is -1.65. The predicted molar refractivity (Wildman–Crippen MR) is 435 cm³/mol. The molecule has 0 saturated carbocycles. The maximum atomic E-state index is 13.0. The van der Waals surface area contributed by atoms with Crippen LogP contribution in [0.5, 0.6) is 0 Å². The van der Waals surface area contributed by atoms with Crippen molar-refractivity contribution >= 4 is 33.6 Å². The number of rotatable bonds is 76. The molecular weight excluding hydrogens is 1360 g/mol. The second-order valence-electron chi connectivity index (χ2n) is 26.8. The van der Waals surface area contributed by atoms with Crippen LogP contribution in [0.2, 0.25) is 0 Å². The largest absolute Gasteiger partial charge is 0.472 e. The van der Waals surface area contributed by atoms with Gasteiger partial charge in [0.05, 0.1) is 26.4 Å². The smallest absolute Gasteiger partial charge is 0.463 e. The van der Waals surface area contributed by atoms with Crippen LogP contribution in [0.4, 0.5) is 0 Å². The van der Waals surface area contributed by atoms with Gasteiger partial charge in [0.2, 0.25) is 0 Å². The monoisotopic (exact) mass is 1510 g/mol. The summed E-state index contributed by atoms with van der Waals surface area (Å²) in [5, 5.41) is 20.7. The van der Waals surface area contributed by atoms with Crippen molar-refractivity contribution in [3.63, 3.8) is 0 Å². The minimum Gasteiger partial charge on any atom is -0.463 e. The number of ether oxygens (including phenoxy) is 3. The highest BCUT2D eigenvalue weighted by molar-refractivity contribution is 7.47. The SMILES string of the molecule is CC/C=C\C/C=C\C/C=C\C/C=C\C/C=C\C/C=C\CCCCC(=O)OCC(COP(=O)(O)OCC(O)COP(=O)(O)OCC(O)COC(=O)CCCCCCCCCCCCCCC/C=C\C/C=C\C/C=C\C/C=C\CCCCC)OC(=O)CCCCCCCC/C=C\C/C=C\C/C=C\CCCCC. The summed E-state index contributed by atoms with van der Waals surface area (Å²) in [6, 6.07) is 0. The Morgan fingerprint density at radius 1 is 0.276 bits per heavy atom. The highest BCUT2D eigenvalue weighted by Gasteiger charge is 2.29. The second-order valence-corrected chi connectivity index (χ2v) is 29.7. The molecule has 0 aromatic carbocycles. The lowest BCUT2D eigenvalue weighted by molar-refractivity contribution is -0.161. The van der Waals surface area contributed by atoms with Crippen molar-refractivity contribution in [2.75, 3.05) is 39.6 Å². The van der Waals surface area contributed by atoms with E-state index in [0.29, 0.717) is 19.3 Å². The first-order valence-electron chi connectivity index (χ1n) is 40.8. The van der Waals surface area contributed by atoms with E-state index in [2.05, 4.69) is 179 Å². The number of phosphoric ester groups is 2. The van der Waals surface area contributed by atoms with Gasteiger partial charge in [0.25, 0.3) is 0 Å². The van der Waals surface area contributed by atoms with Crippen molar-refractivity contribution in [2.45, 2.75) is 334 Å². The van der Waals surface area contributed by atoms with Gasteiger partial charge in [0, 0.05) is 19.3 Å². The number of carbonyl (C=O) groups excluding carboxylic acids is 3. The molecule has 105 heavy (non-hydrogen) atoms. The number of aliphatic hydroxyl groups excluding tert-OH is 2. The van der Waals surface area contributed by atoms with Crippen molar-refractivity contribution < 1.29 is 75.8 Å². The predicted octanol–water partition coefficient (Wildman–Crippen LogP) is 24.2. The quantitative estimate of drug-likeness (QED) is 0.0146. The number of unbranched alkanes of at least 4 members (excludes halogenated alkanes) is 27. The summed E-state index contributed by atoms with van der Waals surface area (Å²) in [7, 11) is -9.82. The summed E-state index contributed by atoms with van der Waals surface area (Å²) >= 11 is 0. The fraction of sp³-hybridized carbons (Fsp3) is 0.667. The molecule has 0 aromatic heterocycles. The highest BCUT2D eigenvalue weighted by atomic mass is 31.2. The summed E-state index contributed by atoms with van der Waals surface area (Å²) in [5.41, 5.74) is 0. The molecule has 0 aliphatic heterocycles. The average Bonchev–Trinajstić information content (AvgIpc) is 0.923. The first kappa shape index (κ1) is 100. The van der Waals surface area contributed by atoms with Gasteiger partial charge in [0.1, 0.15) is 25.4 Å². The van der Waals surface area contributed by atoms with Gasteiger partial charge in [-0.2, -0.15) is 0 Å². The van der Waals surface area contributed by atoms with Crippen molar-refractivity contribution in [1.82, 2.24) is 0 Å². The molecule has 5 atom stereocenters. The van der Waals surface area contributed by atoms with Gasteiger partial charge in [0.15, 0.2) is 6.10 Å². The molecule has 0 heterocycles. The Hall–Kier alpha value is -4.83. The second kappa shape index (κ2) is 78.7. The Morgan fingerprint density at radius 2 is 0.505 bits per heavy atom. The van der Waals surface area contributed by atoms with Gasteiger partial charge in [-0.3, -0.25) is 32.5 Å². The number of aliphatic hydroxyl groups is 2. The number of esters is 3. The van der Waals surface area contributed by atoms with Gasteiger partial charge in [-0.25, -0.2) is 9.13 Å². The summed E-state index contributed by atoms with van der Waals surface area (Å²) in [6.07, 6.45) is 98.6. The Bertz CT molecular complexity index is 2540. The molecule has 5 unspecified atom stereocenters. The van der Waals surface area contributed by atoms with E-state index in [4.69, 9.17) is 32.3 Å².